The molecule has 2 fully saturated rings. The molecule has 2 aliphatic rings. The first-order chi connectivity index (χ1) is 5.26. The van der Waals surface area contributed by atoms with Gasteiger partial charge in [-0.2, -0.15) is 0 Å². The van der Waals surface area contributed by atoms with Crippen molar-refractivity contribution in [1.82, 2.24) is 5.32 Å². The van der Waals surface area contributed by atoms with Crippen molar-refractivity contribution >= 4 is 0 Å². The Kier molecular flexibility index (Phi) is 1.71. The van der Waals surface area contributed by atoms with Gasteiger partial charge in [0.2, 0.25) is 0 Å². The Labute approximate surface area is 69.6 Å². The van der Waals surface area contributed by atoms with Gasteiger partial charge in [-0.25, -0.2) is 0 Å². The van der Waals surface area contributed by atoms with Gasteiger partial charge < -0.3 is 5.32 Å². The molecule has 2 atom stereocenters. The molecule has 1 N–H and O–H groups in total. The van der Waals surface area contributed by atoms with Crippen LogP contribution in [0.2, 0.25) is 0 Å². The number of rotatable bonds is 0. The third-order valence-electron chi connectivity index (χ3n) is 4.22. The van der Waals surface area contributed by atoms with Crippen LogP contribution in [0.15, 0.2) is 0 Å². The molecular formula is C10H19N. The predicted molar refractivity (Wildman–Crippen MR) is 47.5 cm³/mol. The molecule has 2 rings (SSSR count). The molecule has 1 heteroatoms. The zero-order valence-electron chi connectivity index (χ0n) is 7.69. The highest BCUT2D eigenvalue weighted by Crippen LogP contribution is 2.50. The van der Waals surface area contributed by atoms with E-state index in [-0.39, 0.29) is 0 Å². The lowest BCUT2D eigenvalue weighted by Crippen LogP contribution is -2.31. The van der Waals surface area contributed by atoms with Gasteiger partial charge in [-0.1, -0.05) is 13.8 Å². The molecule has 1 nitrogen and oxygen atoms in total. The molecule has 64 valence electrons. The Morgan fingerprint density at radius 3 is 2.27 bits per heavy atom. The number of hydrogen-bond donors (Lipinski definition) is 1. The Hall–Kier alpha value is -0.0400. The summed E-state index contributed by atoms with van der Waals surface area (Å²) in [6.45, 7) is 7.43. The molecule has 0 bridgehead atoms. The van der Waals surface area contributed by atoms with Crippen LogP contribution >= 0.6 is 0 Å². The molecule has 1 saturated heterocycles. The zero-order valence-corrected chi connectivity index (χ0v) is 7.69. The van der Waals surface area contributed by atoms with Crippen molar-refractivity contribution in [3.63, 3.8) is 0 Å². The van der Waals surface area contributed by atoms with E-state index in [0.29, 0.717) is 5.41 Å². The van der Waals surface area contributed by atoms with Crippen LogP contribution in [0.1, 0.15) is 33.1 Å². The van der Waals surface area contributed by atoms with Crippen molar-refractivity contribution in [3.05, 3.63) is 0 Å². The molecule has 0 aromatic carbocycles. The van der Waals surface area contributed by atoms with Gasteiger partial charge in [-0.3, -0.25) is 0 Å². The van der Waals surface area contributed by atoms with Crippen LogP contribution in [-0.2, 0) is 0 Å². The fourth-order valence-corrected chi connectivity index (χ4v) is 3.13. The molecule has 0 radical (unpaired) electrons. The summed E-state index contributed by atoms with van der Waals surface area (Å²) in [5.41, 5.74) is 0.694. The number of hydrogen-bond acceptors (Lipinski definition) is 1. The van der Waals surface area contributed by atoms with Crippen LogP contribution < -0.4 is 5.32 Å². The smallest absolute Gasteiger partial charge is 0.00134 e. The Morgan fingerprint density at radius 1 is 1.18 bits per heavy atom. The van der Waals surface area contributed by atoms with E-state index in [1.807, 2.05) is 0 Å². The topological polar surface area (TPSA) is 12.0 Å². The summed E-state index contributed by atoms with van der Waals surface area (Å²) in [7, 11) is 0. The zero-order chi connectivity index (χ0) is 7.90. The molecular weight excluding hydrogens is 134 g/mol. The lowest BCUT2D eigenvalue weighted by atomic mass is 9.73. The highest BCUT2D eigenvalue weighted by Gasteiger charge is 2.47. The maximum absolute atomic E-state index is 3.52. The quantitative estimate of drug-likeness (QED) is 0.561. The van der Waals surface area contributed by atoms with Gasteiger partial charge in [0, 0.05) is 6.54 Å². The molecule has 0 aromatic rings. The molecule has 1 aliphatic heterocycles. The average molecular weight is 153 g/mol. The third kappa shape index (κ3) is 0.936. The monoisotopic (exact) mass is 153 g/mol. The van der Waals surface area contributed by atoms with Crippen LogP contribution in [0.3, 0.4) is 0 Å². The first-order valence-corrected chi connectivity index (χ1v) is 4.96. The van der Waals surface area contributed by atoms with Gasteiger partial charge >= 0.3 is 0 Å². The van der Waals surface area contributed by atoms with Crippen LogP contribution in [0, 0.1) is 17.3 Å². The fourth-order valence-electron chi connectivity index (χ4n) is 3.13. The van der Waals surface area contributed by atoms with Gasteiger partial charge in [-0.15, -0.1) is 0 Å². The second-order valence-electron chi connectivity index (χ2n) is 4.54. The molecule has 2 unspecified atom stereocenters. The highest BCUT2D eigenvalue weighted by molar-refractivity contribution is 4.99. The van der Waals surface area contributed by atoms with Crippen molar-refractivity contribution in [1.29, 1.82) is 0 Å². The molecule has 1 saturated carbocycles. The predicted octanol–water partition coefficient (Wildman–Crippen LogP) is 2.03. The van der Waals surface area contributed by atoms with Crippen molar-refractivity contribution in [2.75, 3.05) is 13.1 Å². The standard InChI is InChI=1S/C10H19N/c1-8-3-4-9(2)10(8)5-6-11-7-10/h8-9,11H,3-7H2,1-2H3. The molecule has 1 heterocycles. The van der Waals surface area contributed by atoms with Gasteiger partial charge in [0.15, 0.2) is 0 Å². The Balaban J connectivity index is 2.19. The third-order valence-corrected chi connectivity index (χ3v) is 4.22. The maximum Gasteiger partial charge on any atom is 0.00134 e. The summed E-state index contributed by atoms with van der Waals surface area (Å²) in [5.74, 6) is 1.93. The van der Waals surface area contributed by atoms with Crippen molar-refractivity contribution < 1.29 is 0 Å². The summed E-state index contributed by atoms with van der Waals surface area (Å²) in [6, 6.07) is 0. The van der Waals surface area contributed by atoms with Crippen molar-refractivity contribution in [2.45, 2.75) is 33.1 Å². The van der Waals surface area contributed by atoms with Crippen LogP contribution in [0.5, 0.6) is 0 Å². The first kappa shape index (κ1) is 7.60. The summed E-state index contributed by atoms with van der Waals surface area (Å²) in [5, 5.41) is 3.52. The van der Waals surface area contributed by atoms with E-state index in [0.717, 1.165) is 11.8 Å². The lowest BCUT2D eigenvalue weighted by molar-refractivity contribution is 0.182. The summed E-state index contributed by atoms with van der Waals surface area (Å²) < 4.78 is 0. The lowest BCUT2D eigenvalue weighted by Gasteiger charge is -2.32. The minimum Gasteiger partial charge on any atom is -0.316 e. The van der Waals surface area contributed by atoms with Crippen LogP contribution in [0.25, 0.3) is 0 Å². The van der Waals surface area contributed by atoms with E-state index in [2.05, 4.69) is 19.2 Å². The van der Waals surface area contributed by atoms with Gasteiger partial charge in [-0.05, 0) is 43.1 Å². The number of nitrogens with one attached hydrogen (secondary N) is 1. The van der Waals surface area contributed by atoms with E-state index in [9.17, 15) is 0 Å². The molecule has 1 aliphatic carbocycles. The van der Waals surface area contributed by atoms with Gasteiger partial charge in [0.05, 0.1) is 0 Å². The maximum atomic E-state index is 3.52. The normalized spacial score (nSPS) is 50.7. The Bertz CT molecular complexity index is 135. The van der Waals surface area contributed by atoms with E-state index in [4.69, 9.17) is 0 Å². The second-order valence-corrected chi connectivity index (χ2v) is 4.54. The summed E-state index contributed by atoms with van der Waals surface area (Å²) >= 11 is 0. The fraction of sp³-hybridized carbons (Fsp3) is 1.00. The highest BCUT2D eigenvalue weighted by atomic mass is 14.9. The summed E-state index contributed by atoms with van der Waals surface area (Å²) in [6.07, 6.45) is 4.35. The van der Waals surface area contributed by atoms with Crippen molar-refractivity contribution in [2.24, 2.45) is 17.3 Å². The minimum absolute atomic E-state index is 0.694. The van der Waals surface area contributed by atoms with E-state index in [1.165, 1.54) is 32.4 Å². The molecule has 11 heavy (non-hydrogen) atoms. The molecule has 0 aromatic heterocycles. The van der Waals surface area contributed by atoms with Crippen molar-refractivity contribution in [3.8, 4) is 0 Å². The SMILES string of the molecule is CC1CCC(C)C12CCNC2. The second kappa shape index (κ2) is 2.48. The van der Waals surface area contributed by atoms with Crippen LogP contribution in [0.4, 0.5) is 0 Å². The van der Waals surface area contributed by atoms with Gasteiger partial charge in [0.1, 0.15) is 0 Å². The first-order valence-electron chi connectivity index (χ1n) is 4.96. The minimum atomic E-state index is 0.694. The van der Waals surface area contributed by atoms with Gasteiger partial charge in [0.25, 0.3) is 0 Å². The Morgan fingerprint density at radius 2 is 1.82 bits per heavy atom. The van der Waals surface area contributed by atoms with E-state index < -0.39 is 0 Å². The van der Waals surface area contributed by atoms with Crippen LogP contribution in [-0.4, -0.2) is 13.1 Å². The summed E-state index contributed by atoms with van der Waals surface area (Å²) in [4.78, 5) is 0. The average Bonchev–Trinajstić information content (AvgIpc) is 2.56. The van der Waals surface area contributed by atoms with E-state index >= 15 is 0 Å². The largest absolute Gasteiger partial charge is 0.316 e. The van der Waals surface area contributed by atoms with E-state index in [1.54, 1.807) is 0 Å². The molecule has 0 amide bonds. The molecule has 1 spiro atoms.